The van der Waals surface area contributed by atoms with Crippen molar-refractivity contribution in [3.8, 4) is 0 Å². The average Bonchev–Trinajstić information content (AvgIpc) is 2.67. The summed E-state index contributed by atoms with van der Waals surface area (Å²) in [5, 5.41) is 2.81. The second-order valence-electron chi connectivity index (χ2n) is 3.70. The largest absolute Gasteiger partial charge is 0.353 e. The van der Waals surface area contributed by atoms with Crippen molar-refractivity contribution in [3.63, 3.8) is 0 Å². The molecule has 1 amide bonds. The van der Waals surface area contributed by atoms with Crippen molar-refractivity contribution in [2.24, 2.45) is 0 Å². The summed E-state index contributed by atoms with van der Waals surface area (Å²) in [6.07, 6.45) is 7.20. The summed E-state index contributed by atoms with van der Waals surface area (Å²) in [6.45, 7) is 6.10. The number of hydrogen-bond acceptors (Lipinski definition) is 2. The van der Waals surface area contributed by atoms with E-state index in [9.17, 15) is 4.79 Å². The zero-order valence-electron chi connectivity index (χ0n) is 8.96. The Labute approximate surface area is 86.2 Å². The lowest BCUT2D eigenvalue weighted by atomic mass is 10.4. The van der Waals surface area contributed by atoms with Crippen molar-refractivity contribution in [1.82, 2.24) is 10.2 Å². The second kappa shape index (κ2) is 6.60. The molecule has 1 fully saturated rings. The van der Waals surface area contributed by atoms with E-state index in [1.165, 1.54) is 25.9 Å². The van der Waals surface area contributed by atoms with E-state index in [2.05, 4.69) is 10.2 Å². The molecule has 0 atom stereocenters. The van der Waals surface area contributed by atoms with E-state index < -0.39 is 0 Å². The molecule has 14 heavy (non-hydrogen) atoms. The molecule has 3 heteroatoms. The molecule has 80 valence electrons. The highest BCUT2D eigenvalue weighted by Crippen LogP contribution is 2.05. The lowest BCUT2D eigenvalue weighted by Gasteiger charge is -2.10. The van der Waals surface area contributed by atoms with E-state index in [0.717, 1.165) is 19.5 Å². The van der Waals surface area contributed by atoms with Crippen molar-refractivity contribution in [2.75, 3.05) is 26.2 Å². The fraction of sp³-hybridized carbons (Fsp3) is 0.727. The second-order valence-corrected chi connectivity index (χ2v) is 3.70. The highest BCUT2D eigenvalue weighted by Gasteiger charge is 2.08. The SMILES string of the molecule is CCCNC(=O)/C=C/CN1CCCC1. The van der Waals surface area contributed by atoms with Crippen LogP contribution in [-0.2, 0) is 4.79 Å². The molecule has 0 aromatic carbocycles. The van der Waals surface area contributed by atoms with Crippen LogP contribution in [-0.4, -0.2) is 37.0 Å². The molecule has 0 unspecified atom stereocenters. The number of carbonyl (C=O) groups excluding carboxylic acids is 1. The number of amides is 1. The van der Waals surface area contributed by atoms with Crippen LogP contribution in [0.2, 0.25) is 0 Å². The fourth-order valence-corrected chi connectivity index (χ4v) is 1.58. The van der Waals surface area contributed by atoms with Gasteiger partial charge < -0.3 is 5.32 Å². The first-order valence-corrected chi connectivity index (χ1v) is 5.49. The maximum Gasteiger partial charge on any atom is 0.243 e. The van der Waals surface area contributed by atoms with E-state index in [4.69, 9.17) is 0 Å². The highest BCUT2D eigenvalue weighted by molar-refractivity contribution is 5.87. The number of nitrogens with one attached hydrogen (secondary N) is 1. The van der Waals surface area contributed by atoms with Gasteiger partial charge in [-0.2, -0.15) is 0 Å². The van der Waals surface area contributed by atoms with Crippen molar-refractivity contribution in [1.29, 1.82) is 0 Å². The Balaban J connectivity index is 2.09. The monoisotopic (exact) mass is 196 g/mol. The fourth-order valence-electron chi connectivity index (χ4n) is 1.58. The molecular formula is C11H20N2O. The van der Waals surface area contributed by atoms with Crippen molar-refractivity contribution < 1.29 is 4.79 Å². The molecule has 0 saturated carbocycles. The van der Waals surface area contributed by atoms with Crippen LogP contribution in [0.1, 0.15) is 26.2 Å². The Kier molecular flexibility index (Phi) is 5.30. The highest BCUT2D eigenvalue weighted by atomic mass is 16.1. The molecule has 0 aromatic rings. The maximum atomic E-state index is 11.2. The minimum atomic E-state index is 0.0334. The van der Waals surface area contributed by atoms with E-state index in [0.29, 0.717) is 0 Å². The Morgan fingerprint density at radius 3 is 2.79 bits per heavy atom. The van der Waals surface area contributed by atoms with Crippen LogP contribution in [0.25, 0.3) is 0 Å². The van der Waals surface area contributed by atoms with E-state index in [1.807, 2.05) is 13.0 Å². The first-order chi connectivity index (χ1) is 6.83. The number of carbonyl (C=O) groups is 1. The molecule has 1 aliphatic rings. The van der Waals surface area contributed by atoms with Crippen LogP contribution in [0.5, 0.6) is 0 Å². The normalized spacial score (nSPS) is 17.8. The summed E-state index contributed by atoms with van der Waals surface area (Å²) in [6, 6.07) is 0. The third-order valence-corrected chi connectivity index (χ3v) is 2.38. The molecule has 0 bridgehead atoms. The number of nitrogens with zero attached hydrogens (tertiary/aromatic N) is 1. The van der Waals surface area contributed by atoms with Crippen LogP contribution in [0.15, 0.2) is 12.2 Å². The lowest BCUT2D eigenvalue weighted by Crippen LogP contribution is -2.23. The molecule has 1 heterocycles. The molecule has 1 rings (SSSR count). The predicted octanol–water partition coefficient (Wildman–Crippen LogP) is 1.16. The third-order valence-electron chi connectivity index (χ3n) is 2.38. The Morgan fingerprint density at radius 2 is 2.14 bits per heavy atom. The summed E-state index contributed by atoms with van der Waals surface area (Å²) in [4.78, 5) is 13.5. The van der Waals surface area contributed by atoms with Crippen LogP contribution in [0.4, 0.5) is 0 Å². The summed E-state index contributed by atoms with van der Waals surface area (Å²) in [7, 11) is 0. The minimum Gasteiger partial charge on any atom is -0.353 e. The molecule has 0 aliphatic carbocycles. The van der Waals surface area contributed by atoms with Gasteiger partial charge in [-0.3, -0.25) is 9.69 Å². The summed E-state index contributed by atoms with van der Waals surface area (Å²) in [5.74, 6) is 0.0334. The van der Waals surface area contributed by atoms with Crippen LogP contribution in [0, 0.1) is 0 Å². The van der Waals surface area contributed by atoms with Gasteiger partial charge in [-0.15, -0.1) is 0 Å². The molecule has 1 aliphatic heterocycles. The molecule has 1 saturated heterocycles. The van der Waals surface area contributed by atoms with Gasteiger partial charge in [-0.25, -0.2) is 0 Å². The van der Waals surface area contributed by atoms with E-state index in [1.54, 1.807) is 6.08 Å². The molecule has 0 aromatic heterocycles. The van der Waals surface area contributed by atoms with Crippen molar-refractivity contribution >= 4 is 5.91 Å². The minimum absolute atomic E-state index is 0.0334. The molecule has 0 spiro atoms. The Hall–Kier alpha value is -0.830. The quantitative estimate of drug-likeness (QED) is 0.669. The summed E-state index contributed by atoms with van der Waals surface area (Å²) >= 11 is 0. The van der Waals surface area contributed by atoms with Gasteiger partial charge in [0.25, 0.3) is 0 Å². The van der Waals surface area contributed by atoms with Crippen LogP contribution < -0.4 is 5.32 Å². The topological polar surface area (TPSA) is 32.3 Å². The Morgan fingerprint density at radius 1 is 1.43 bits per heavy atom. The zero-order chi connectivity index (χ0) is 10.2. The molecule has 0 radical (unpaired) electrons. The first kappa shape index (κ1) is 11.2. The molecular weight excluding hydrogens is 176 g/mol. The van der Waals surface area contributed by atoms with Gasteiger partial charge in [0, 0.05) is 19.2 Å². The van der Waals surface area contributed by atoms with Gasteiger partial charge in [0.05, 0.1) is 0 Å². The maximum absolute atomic E-state index is 11.2. The molecule has 1 N–H and O–H groups in total. The smallest absolute Gasteiger partial charge is 0.243 e. The summed E-state index contributed by atoms with van der Waals surface area (Å²) in [5.41, 5.74) is 0. The van der Waals surface area contributed by atoms with Gasteiger partial charge in [0.1, 0.15) is 0 Å². The average molecular weight is 196 g/mol. The number of hydrogen-bond donors (Lipinski definition) is 1. The van der Waals surface area contributed by atoms with Gasteiger partial charge in [-0.1, -0.05) is 13.0 Å². The first-order valence-electron chi connectivity index (χ1n) is 5.49. The van der Waals surface area contributed by atoms with E-state index >= 15 is 0 Å². The van der Waals surface area contributed by atoms with Gasteiger partial charge in [0.15, 0.2) is 0 Å². The third kappa shape index (κ3) is 4.42. The lowest BCUT2D eigenvalue weighted by molar-refractivity contribution is -0.116. The summed E-state index contributed by atoms with van der Waals surface area (Å²) < 4.78 is 0. The van der Waals surface area contributed by atoms with Gasteiger partial charge in [-0.05, 0) is 32.4 Å². The van der Waals surface area contributed by atoms with Crippen LogP contribution in [0.3, 0.4) is 0 Å². The van der Waals surface area contributed by atoms with Crippen molar-refractivity contribution in [3.05, 3.63) is 12.2 Å². The van der Waals surface area contributed by atoms with Gasteiger partial charge in [0.2, 0.25) is 5.91 Å². The van der Waals surface area contributed by atoms with Gasteiger partial charge >= 0.3 is 0 Å². The zero-order valence-corrected chi connectivity index (χ0v) is 8.96. The predicted molar refractivity (Wildman–Crippen MR) is 58.1 cm³/mol. The van der Waals surface area contributed by atoms with E-state index in [-0.39, 0.29) is 5.91 Å². The van der Waals surface area contributed by atoms with Crippen LogP contribution >= 0.6 is 0 Å². The Bertz CT molecular complexity index is 195. The molecule has 3 nitrogen and oxygen atoms in total. The van der Waals surface area contributed by atoms with Crippen molar-refractivity contribution in [2.45, 2.75) is 26.2 Å². The number of rotatable bonds is 5. The standard InChI is InChI=1S/C11H20N2O/c1-2-7-12-11(14)6-5-10-13-8-3-4-9-13/h5-6H,2-4,7-10H2,1H3,(H,12,14)/b6-5+. The number of likely N-dealkylation sites (tertiary alicyclic amines) is 1.